The van der Waals surface area contributed by atoms with Crippen LogP contribution in [0.5, 0.6) is 17.2 Å². The number of ether oxygens (including phenoxy) is 3. The van der Waals surface area contributed by atoms with Crippen LogP contribution in [0.25, 0.3) is 0 Å². The van der Waals surface area contributed by atoms with Crippen molar-refractivity contribution in [2.24, 2.45) is 0 Å². The van der Waals surface area contributed by atoms with E-state index in [9.17, 15) is 13.2 Å². The first kappa shape index (κ1) is 23.4. The Balaban J connectivity index is 1.31. The smallest absolute Gasteiger partial charge is 0.262 e. The van der Waals surface area contributed by atoms with E-state index < -0.39 is 10.0 Å². The normalized spacial score (nSPS) is 12.6. The Bertz CT molecular complexity index is 1240. The number of hydrogen-bond donors (Lipinski definition) is 2. The van der Waals surface area contributed by atoms with Crippen LogP contribution in [-0.2, 0) is 21.2 Å². The van der Waals surface area contributed by atoms with Crippen LogP contribution in [0.2, 0.25) is 0 Å². The molecule has 0 spiro atoms. The van der Waals surface area contributed by atoms with E-state index in [4.69, 9.17) is 14.2 Å². The molecule has 1 aliphatic rings. The third-order valence-electron chi connectivity index (χ3n) is 5.12. The Labute approximate surface area is 198 Å². The number of carbonyl (C=O) groups is 1. The molecule has 3 aromatic rings. The Morgan fingerprint density at radius 1 is 0.912 bits per heavy atom. The highest BCUT2D eigenvalue weighted by molar-refractivity contribution is 7.92. The number of carbonyl (C=O) groups excluding carboxylic acids is 1. The van der Waals surface area contributed by atoms with E-state index in [0.29, 0.717) is 55.5 Å². The lowest BCUT2D eigenvalue weighted by molar-refractivity contribution is -0.116. The molecule has 0 bridgehead atoms. The molecule has 34 heavy (non-hydrogen) atoms. The predicted molar refractivity (Wildman–Crippen MR) is 129 cm³/mol. The second kappa shape index (κ2) is 10.5. The van der Waals surface area contributed by atoms with Gasteiger partial charge < -0.3 is 19.5 Å². The maximum absolute atomic E-state index is 12.7. The van der Waals surface area contributed by atoms with E-state index in [-0.39, 0.29) is 10.8 Å². The Morgan fingerprint density at radius 2 is 1.59 bits per heavy atom. The van der Waals surface area contributed by atoms with E-state index in [1.807, 2.05) is 31.2 Å². The molecule has 0 radical (unpaired) electrons. The molecule has 9 heteroatoms. The number of amides is 1. The Kier molecular flexibility index (Phi) is 7.22. The van der Waals surface area contributed by atoms with Crippen LogP contribution < -0.4 is 24.2 Å². The van der Waals surface area contributed by atoms with Gasteiger partial charge in [-0.15, -0.1) is 0 Å². The van der Waals surface area contributed by atoms with Crippen molar-refractivity contribution in [1.29, 1.82) is 0 Å². The number of sulfonamides is 1. The first-order chi connectivity index (χ1) is 16.4. The molecule has 0 saturated heterocycles. The SMILES string of the molecule is CCOc1ccc(CCC(=O)Nc2ccc(NS(=O)(=O)c3ccc4c(c3)OCCO4)cc2)cc1. The molecule has 1 amide bonds. The first-order valence-corrected chi connectivity index (χ1v) is 12.5. The average molecular weight is 483 g/mol. The number of hydrogen-bond acceptors (Lipinski definition) is 6. The first-order valence-electron chi connectivity index (χ1n) is 11.0. The van der Waals surface area contributed by atoms with Crippen LogP contribution in [0.15, 0.2) is 71.6 Å². The number of aryl methyl sites for hydroxylation is 1. The second-order valence-electron chi connectivity index (χ2n) is 7.61. The summed E-state index contributed by atoms with van der Waals surface area (Å²) in [6.45, 7) is 3.35. The number of fused-ring (bicyclic) bond motifs is 1. The molecule has 3 aromatic carbocycles. The lowest BCUT2D eigenvalue weighted by Gasteiger charge is -2.19. The van der Waals surface area contributed by atoms with Gasteiger partial charge in [0, 0.05) is 23.9 Å². The number of nitrogens with one attached hydrogen (secondary N) is 2. The monoisotopic (exact) mass is 482 g/mol. The maximum Gasteiger partial charge on any atom is 0.262 e. The van der Waals surface area contributed by atoms with Crippen molar-refractivity contribution in [2.45, 2.75) is 24.7 Å². The molecular weight excluding hydrogens is 456 g/mol. The third-order valence-corrected chi connectivity index (χ3v) is 6.50. The molecule has 1 aliphatic heterocycles. The van der Waals surface area contributed by atoms with Crippen molar-refractivity contribution in [3.05, 3.63) is 72.3 Å². The summed E-state index contributed by atoms with van der Waals surface area (Å²) in [7, 11) is -3.81. The van der Waals surface area contributed by atoms with Crippen molar-refractivity contribution in [3.8, 4) is 17.2 Å². The fourth-order valence-electron chi connectivity index (χ4n) is 3.43. The Morgan fingerprint density at radius 3 is 2.29 bits per heavy atom. The van der Waals surface area contributed by atoms with Crippen LogP contribution in [0.1, 0.15) is 18.9 Å². The average Bonchev–Trinajstić information content (AvgIpc) is 2.84. The van der Waals surface area contributed by atoms with Crippen molar-refractivity contribution < 1.29 is 27.4 Å². The van der Waals surface area contributed by atoms with Gasteiger partial charge in [0.2, 0.25) is 5.91 Å². The molecule has 0 aliphatic carbocycles. The van der Waals surface area contributed by atoms with Crippen LogP contribution >= 0.6 is 0 Å². The minimum atomic E-state index is -3.81. The molecule has 0 fully saturated rings. The zero-order valence-corrected chi connectivity index (χ0v) is 19.6. The maximum atomic E-state index is 12.7. The number of anilines is 2. The molecule has 178 valence electrons. The standard InChI is InChI=1S/C25H26N2O6S/c1-2-31-21-10-3-18(4-11-21)5-14-25(28)26-19-6-8-20(9-7-19)27-34(29,30)22-12-13-23-24(17-22)33-16-15-32-23/h3-4,6-13,17,27H,2,5,14-16H2,1H3,(H,26,28). The van der Waals surface area contributed by atoms with E-state index in [2.05, 4.69) is 10.0 Å². The minimum Gasteiger partial charge on any atom is -0.494 e. The molecule has 0 aromatic heterocycles. The summed E-state index contributed by atoms with van der Waals surface area (Å²) in [5, 5.41) is 2.83. The highest BCUT2D eigenvalue weighted by Gasteiger charge is 2.19. The van der Waals surface area contributed by atoms with Gasteiger partial charge in [0.15, 0.2) is 11.5 Å². The van der Waals surface area contributed by atoms with Crippen LogP contribution in [0.4, 0.5) is 11.4 Å². The predicted octanol–water partition coefficient (Wildman–Crippen LogP) is 4.23. The van der Waals surface area contributed by atoms with E-state index in [1.54, 1.807) is 30.3 Å². The van der Waals surface area contributed by atoms with Gasteiger partial charge in [-0.1, -0.05) is 12.1 Å². The fourth-order valence-corrected chi connectivity index (χ4v) is 4.50. The van der Waals surface area contributed by atoms with E-state index in [1.165, 1.54) is 12.1 Å². The van der Waals surface area contributed by atoms with E-state index in [0.717, 1.165) is 11.3 Å². The summed E-state index contributed by atoms with van der Waals surface area (Å²) in [5.41, 5.74) is 2.00. The van der Waals surface area contributed by atoms with Gasteiger partial charge in [-0.3, -0.25) is 9.52 Å². The summed E-state index contributed by atoms with van der Waals surface area (Å²) in [5.74, 6) is 1.60. The molecule has 0 saturated carbocycles. The lowest BCUT2D eigenvalue weighted by atomic mass is 10.1. The zero-order valence-electron chi connectivity index (χ0n) is 18.7. The second-order valence-corrected chi connectivity index (χ2v) is 9.30. The summed E-state index contributed by atoms with van der Waals surface area (Å²) in [4.78, 5) is 12.4. The van der Waals surface area contributed by atoms with E-state index >= 15 is 0 Å². The highest BCUT2D eigenvalue weighted by atomic mass is 32.2. The van der Waals surface area contributed by atoms with Gasteiger partial charge in [0.1, 0.15) is 19.0 Å². The molecule has 4 rings (SSSR count). The molecule has 0 unspecified atom stereocenters. The molecule has 2 N–H and O–H groups in total. The fraction of sp³-hybridized carbons (Fsp3) is 0.240. The van der Waals surface area contributed by atoms with Gasteiger partial charge in [0.25, 0.3) is 10.0 Å². The van der Waals surface area contributed by atoms with Crippen molar-refractivity contribution in [2.75, 3.05) is 29.9 Å². The van der Waals surface area contributed by atoms with Crippen LogP contribution in [0, 0.1) is 0 Å². The molecule has 8 nitrogen and oxygen atoms in total. The lowest BCUT2D eigenvalue weighted by Crippen LogP contribution is -2.17. The summed E-state index contributed by atoms with van der Waals surface area (Å²) >= 11 is 0. The van der Waals surface area contributed by atoms with Crippen molar-refractivity contribution in [3.63, 3.8) is 0 Å². The Hall–Kier alpha value is -3.72. The van der Waals surface area contributed by atoms with Crippen LogP contribution in [-0.4, -0.2) is 34.1 Å². The third kappa shape index (κ3) is 5.99. The van der Waals surface area contributed by atoms with Gasteiger partial charge in [-0.25, -0.2) is 8.42 Å². The van der Waals surface area contributed by atoms with Crippen molar-refractivity contribution in [1.82, 2.24) is 0 Å². The van der Waals surface area contributed by atoms with Gasteiger partial charge >= 0.3 is 0 Å². The quantitative estimate of drug-likeness (QED) is 0.473. The molecule has 1 heterocycles. The number of rotatable bonds is 9. The molecule has 0 atom stereocenters. The number of benzene rings is 3. The van der Waals surface area contributed by atoms with Crippen molar-refractivity contribution >= 4 is 27.3 Å². The van der Waals surface area contributed by atoms with Gasteiger partial charge in [0.05, 0.1) is 11.5 Å². The summed E-state index contributed by atoms with van der Waals surface area (Å²) < 4.78 is 44.3. The highest BCUT2D eigenvalue weighted by Crippen LogP contribution is 2.32. The van der Waals surface area contributed by atoms with Gasteiger partial charge in [-0.2, -0.15) is 0 Å². The summed E-state index contributed by atoms with van der Waals surface area (Å²) in [6.07, 6.45) is 0.929. The van der Waals surface area contributed by atoms with Crippen LogP contribution in [0.3, 0.4) is 0 Å². The summed E-state index contributed by atoms with van der Waals surface area (Å²) in [6, 6.07) is 18.6. The zero-order chi connectivity index (χ0) is 24.0. The topological polar surface area (TPSA) is 103 Å². The minimum absolute atomic E-state index is 0.0726. The molecular formula is C25H26N2O6S. The van der Waals surface area contributed by atoms with Gasteiger partial charge in [-0.05, 0) is 67.4 Å². The largest absolute Gasteiger partial charge is 0.494 e.